The average molecular weight is 214 g/mol. The predicted octanol–water partition coefficient (Wildman–Crippen LogP) is -0.344. The van der Waals surface area contributed by atoms with Crippen LogP contribution in [0.3, 0.4) is 0 Å². The molecule has 0 aliphatic carbocycles. The Kier molecular flexibility index (Phi) is 4.42. The first kappa shape index (κ1) is 7.16. The van der Waals surface area contributed by atoms with Crippen molar-refractivity contribution >= 4 is 19.9 Å². The summed E-state index contributed by atoms with van der Waals surface area (Å²) in [5.74, 6) is 0. The molecule has 0 aromatic carbocycles. The standard InChI is InChI=1S/C4H6O2Te/c1-2-3-4-7(5)6/h2-3H,1,4H2. The summed E-state index contributed by atoms with van der Waals surface area (Å²) in [6, 6.07) is 0. The van der Waals surface area contributed by atoms with Crippen molar-refractivity contribution in [1.82, 2.24) is 0 Å². The fourth-order valence-corrected chi connectivity index (χ4v) is 0.983. The molecule has 0 fully saturated rings. The molecular weight excluding hydrogens is 208 g/mol. The van der Waals surface area contributed by atoms with Crippen LogP contribution in [0.15, 0.2) is 12.7 Å². The first-order valence-electron chi connectivity index (χ1n) is 1.77. The average Bonchev–Trinajstić information content (AvgIpc) is 1.61. The Morgan fingerprint density at radius 3 is 2.71 bits per heavy atom. The predicted molar refractivity (Wildman–Crippen MR) is 25.7 cm³/mol. The molecule has 0 radical (unpaired) electrons. The van der Waals surface area contributed by atoms with E-state index in [2.05, 4.69) is 6.58 Å². The maximum absolute atomic E-state index is 9.82. The molecule has 7 heavy (non-hydrogen) atoms. The van der Waals surface area contributed by atoms with Crippen molar-refractivity contribution in [3.63, 3.8) is 0 Å². The summed E-state index contributed by atoms with van der Waals surface area (Å²) in [5.41, 5.74) is 0. The van der Waals surface area contributed by atoms with Crippen LogP contribution in [0.4, 0.5) is 0 Å². The van der Waals surface area contributed by atoms with E-state index in [1.54, 1.807) is 0 Å². The molecule has 0 N–H and O–H groups in total. The van der Waals surface area contributed by atoms with Gasteiger partial charge in [-0.3, -0.25) is 0 Å². The number of hydrogen-bond donors (Lipinski definition) is 0. The third kappa shape index (κ3) is 6.16. The van der Waals surface area contributed by atoms with E-state index in [1.165, 1.54) is 12.5 Å². The summed E-state index contributed by atoms with van der Waals surface area (Å²) < 4.78 is 19.9. The Morgan fingerprint density at radius 1 is 2.00 bits per heavy atom. The van der Waals surface area contributed by atoms with Gasteiger partial charge in [0.15, 0.2) is 0 Å². The Balaban J connectivity index is 2.97. The van der Waals surface area contributed by atoms with Crippen molar-refractivity contribution in [2.75, 3.05) is 0 Å². The molecule has 0 aromatic rings. The van der Waals surface area contributed by atoms with Crippen LogP contribution >= 0.6 is 0 Å². The van der Waals surface area contributed by atoms with Crippen molar-refractivity contribution in [2.45, 2.75) is 4.47 Å². The minimum absolute atomic E-state index is 0.215. The molecule has 3 heteroatoms. The van der Waals surface area contributed by atoms with E-state index in [0.717, 1.165) is 0 Å². The quantitative estimate of drug-likeness (QED) is 0.475. The molecule has 0 saturated heterocycles. The van der Waals surface area contributed by atoms with Crippen LogP contribution in [0, 0.1) is 6.42 Å². The molecule has 0 saturated carbocycles. The molecule has 0 amide bonds. The molecule has 0 aliphatic heterocycles. The van der Waals surface area contributed by atoms with Gasteiger partial charge in [0.1, 0.15) is 0 Å². The first-order valence-corrected chi connectivity index (χ1v) is 5.32. The normalized spacial score (nSPS) is 8.86. The fraction of sp³-hybridized carbons (Fsp3) is 0.250. The zero-order chi connectivity index (χ0) is 5.70. The number of hydrogen-bond acceptors (Lipinski definition) is 2. The SMILES string of the molecule is C=C[CH+]C[Te](=O)[O-]. The van der Waals surface area contributed by atoms with Gasteiger partial charge >= 0.3 is 50.1 Å². The van der Waals surface area contributed by atoms with Gasteiger partial charge in [0, 0.05) is 0 Å². The second-order valence-corrected chi connectivity index (χ2v) is 3.63. The molecule has 0 aliphatic rings. The topological polar surface area (TPSA) is 40.1 Å². The fourth-order valence-electron chi connectivity index (χ4n) is 0.147. The van der Waals surface area contributed by atoms with E-state index in [4.69, 9.17) is 0 Å². The van der Waals surface area contributed by atoms with E-state index in [-0.39, 0.29) is 4.47 Å². The van der Waals surface area contributed by atoms with Crippen LogP contribution in [0.25, 0.3) is 0 Å². The van der Waals surface area contributed by atoms with Gasteiger partial charge in [-0.15, -0.1) is 0 Å². The van der Waals surface area contributed by atoms with Crippen molar-refractivity contribution in [3.8, 4) is 0 Å². The van der Waals surface area contributed by atoms with E-state index in [1.807, 2.05) is 0 Å². The van der Waals surface area contributed by atoms with Gasteiger partial charge < -0.3 is 0 Å². The van der Waals surface area contributed by atoms with Gasteiger partial charge in [-0.2, -0.15) is 0 Å². The van der Waals surface area contributed by atoms with Crippen LogP contribution < -0.4 is 3.47 Å². The van der Waals surface area contributed by atoms with Crippen molar-refractivity contribution in [3.05, 3.63) is 19.1 Å². The first-order chi connectivity index (χ1) is 3.27. The Morgan fingerprint density at radius 2 is 2.57 bits per heavy atom. The summed E-state index contributed by atoms with van der Waals surface area (Å²) in [4.78, 5) is 0. The molecule has 0 aromatic heterocycles. The summed E-state index contributed by atoms with van der Waals surface area (Å²) in [6.45, 7) is 3.33. The Labute approximate surface area is 50.4 Å². The molecule has 0 atom stereocenters. The van der Waals surface area contributed by atoms with E-state index in [0.29, 0.717) is 0 Å². The molecule has 40 valence electrons. The van der Waals surface area contributed by atoms with Crippen molar-refractivity contribution < 1.29 is 6.58 Å². The number of allylic oxidation sites excluding steroid dienone is 1. The summed E-state index contributed by atoms with van der Waals surface area (Å²) in [7, 11) is 0. The zero-order valence-electron chi connectivity index (χ0n) is 3.79. The molecule has 2 nitrogen and oxygen atoms in total. The summed E-state index contributed by atoms with van der Waals surface area (Å²) in [5, 5.41) is 0. The van der Waals surface area contributed by atoms with Crippen molar-refractivity contribution in [1.29, 1.82) is 0 Å². The van der Waals surface area contributed by atoms with Crippen LogP contribution in [0.2, 0.25) is 4.47 Å². The molecule has 0 bridgehead atoms. The van der Waals surface area contributed by atoms with E-state index >= 15 is 0 Å². The zero-order valence-corrected chi connectivity index (χ0v) is 6.12. The summed E-state index contributed by atoms with van der Waals surface area (Å²) in [6.07, 6.45) is 3.03. The van der Waals surface area contributed by atoms with Gasteiger partial charge in [0.05, 0.1) is 0 Å². The minimum atomic E-state index is -3.06. The second kappa shape index (κ2) is 4.32. The number of rotatable bonds is 3. The molecule has 0 unspecified atom stereocenters. The Bertz CT molecular complexity index is 79.8. The van der Waals surface area contributed by atoms with Crippen LogP contribution in [0.5, 0.6) is 0 Å². The summed E-state index contributed by atoms with van der Waals surface area (Å²) >= 11 is -3.06. The van der Waals surface area contributed by atoms with E-state index < -0.39 is 19.9 Å². The monoisotopic (exact) mass is 216 g/mol. The van der Waals surface area contributed by atoms with E-state index in [9.17, 15) is 6.58 Å². The van der Waals surface area contributed by atoms with Gasteiger partial charge in [-0.1, -0.05) is 0 Å². The van der Waals surface area contributed by atoms with Crippen LogP contribution in [-0.2, 0) is 3.10 Å². The molecule has 0 spiro atoms. The third-order valence-electron chi connectivity index (χ3n) is 0.399. The van der Waals surface area contributed by atoms with Gasteiger partial charge in [0.25, 0.3) is 0 Å². The molecule has 0 heterocycles. The third-order valence-corrected chi connectivity index (χ3v) is 1.73. The molecular formula is C4H6O2Te. The van der Waals surface area contributed by atoms with Crippen LogP contribution in [0.1, 0.15) is 0 Å². The molecule has 0 rings (SSSR count). The van der Waals surface area contributed by atoms with Gasteiger partial charge in [-0.25, -0.2) is 0 Å². The van der Waals surface area contributed by atoms with Crippen molar-refractivity contribution in [2.24, 2.45) is 0 Å². The second-order valence-electron chi connectivity index (χ2n) is 0.942. The van der Waals surface area contributed by atoms with Gasteiger partial charge in [-0.05, 0) is 0 Å². The van der Waals surface area contributed by atoms with Crippen LogP contribution in [-0.4, -0.2) is 19.9 Å². The maximum atomic E-state index is 9.82. The van der Waals surface area contributed by atoms with Gasteiger partial charge in [0.2, 0.25) is 0 Å². The Hall–Kier alpha value is 0.160.